The third-order valence-corrected chi connectivity index (χ3v) is 14.0. The highest BCUT2D eigenvalue weighted by Crippen LogP contribution is 2.42. The minimum atomic E-state index is -0.568. The number of hydrogen-bond acceptors (Lipinski definition) is 8. The number of aryl methyl sites for hydroxylation is 1. The molecule has 0 saturated carbocycles. The number of nitrogens with zero attached hydrogens (tertiary/aromatic N) is 4. The quantitative estimate of drug-likeness (QED) is 0.0758. The molecule has 0 atom stereocenters. The maximum Gasteiger partial charge on any atom is 0.362 e. The second-order valence-corrected chi connectivity index (χ2v) is 18.8. The molecule has 364 valence electrons. The van der Waals surface area contributed by atoms with E-state index in [0.29, 0.717) is 33.6 Å². The van der Waals surface area contributed by atoms with Gasteiger partial charge in [-0.3, -0.25) is 0 Å². The highest BCUT2D eigenvalue weighted by Gasteiger charge is 2.23. The van der Waals surface area contributed by atoms with Crippen molar-refractivity contribution in [2.75, 3.05) is 0 Å². The normalized spacial score (nSPS) is 11.3. The summed E-state index contributed by atoms with van der Waals surface area (Å²) in [5, 5.41) is 3.49. The lowest BCUT2D eigenvalue weighted by atomic mass is 9.92. The fraction of sp³-hybridized carbons (Fsp3) is 0.0145. The molecule has 4 heterocycles. The molecule has 0 unspecified atom stereocenters. The molecule has 0 amide bonds. The van der Waals surface area contributed by atoms with Crippen LogP contribution in [0.25, 0.3) is 111 Å². The van der Waals surface area contributed by atoms with Crippen molar-refractivity contribution < 1.29 is 19.1 Å². The van der Waals surface area contributed by atoms with E-state index in [-0.39, 0.29) is 11.4 Å². The topological polar surface area (TPSA) is 104 Å². The Morgan fingerprint density at radius 2 is 0.623 bits per heavy atom. The third kappa shape index (κ3) is 8.89. The van der Waals surface area contributed by atoms with Crippen LogP contribution in [0.1, 0.15) is 26.5 Å². The molecule has 0 aliphatic heterocycles. The van der Waals surface area contributed by atoms with E-state index < -0.39 is 11.9 Å². The molecule has 13 rings (SSSR count). The zero-order valence-electron chi connectivity index (χ0n) is 41.6. The number of ether oxygens (including phenoxy) is 2. The first-order valence-corrected chi connectivity index (χ1v) is 25.3. The molecule has 8 heteroatoms. The summed E-state index contributed by atoms with van der Waals surface area (Å²) in [4.78, 5) is 49.2. The van der Waals surface area contributed by atoms with E-state index in [1.807, 2.05) is 146 Å². The van der Waals surface area contributed by atoms with Crippen LogP contribution in [0.15, 0.2) is 249 Å². The zero-order valence-corrected chi connectivity index (χ0v) is 41.6. The van der Waals surface area contributed by atoms with E-state index in [2.05, 4.69) is 85.8 Å². The Bertz CT molecular complexity index is 4410. The molecule has 0 fully saturated rings. The van der Waals surface area contributed by atoms with Crippen LogP contribution in [0.4, 0.5) is 0 Å². The van der Waals surface area contributed by atoms with Crippen molar-refractivity contribution in [2.45, 2.75) is 6.92 Å². The number of esters is 2. The summed E-state index contributed by atoms with van der Waals surface area (Å²) in [6.45, 7) is 2.09. The maximum atomic E-state index is 14.0. The Kier molecular flexibility index (Phi) is 11.9. The van der Waals surface area contributed by atoms with E-state index in [1.54, 1.807) is 24.3 Å². The highest BCUT2D eigenvalue weighted by atomic mass is 16.5. The van der Waals surface area contributed by atoms with Crippen LogP contribution in [0, 0.1) is 6.92 Å². The van der Waals surface area contributed by atoms with Gasteiger partial charge in [0.15, 0.2) is 0 Å². The van der Waals surface area contributed by atoms with Gasteiger partial charge in [0, 0.05) is 32.7 Å². The maximum absolute atomic E-state index is 14.0. The lowest BCUT2D eigenvalue weighted by molar-refractivity contribution is 0.0719. The van der Waals surface area contributed by atoms with Gasteiger partial charge in [-0.15, -0.1) is 0 Å². The van der Waals surface area contributed by atoms with E-state index in [4.69, 9.17) is 29.4 Å². The number of para-hydroxylation sites is 2. The van der Waals surface area contributed by atoms with Crippen molar-refractivity contribution >= 4 is 55.6 Å². The first-order chi connectivity index (χ1) is 37.9. The highest BCUT2D eigenvalue weighted by molar-refractivity contribution is 6.15. The summed E-state index contributed by atoms with van der Waals surface area (Å²) in [6.07, 6.45) is 0. The molecule has 9 aromatic carbocycles. The molecule has 8 nitrogen and oxygen atoms in total. The fourth-order valence-corrected chi connectivity index (χ4v) is 10.3. The van der Waals surface area contributed by atoms with Crippen molar-refractivity contribution in [1.82, 2.24) is 19.9 Å². The third-order valence-electron chi connectivity index (χ3n) is 14.0. The summed E-state index contributed by atoms with van der Waals surface area (Å²) in [5.41, 5.74) is 14.6. The summed E-state index contributed by atoms with van der Waals surface area (Å²) in [7, 11) is 0. The van der Waals surface area contributed by atoms with Crippen LogP contribution in [0.5, 0.6) is 11.5 Å². The molecule has 4 aromatic heterocycles. The minimum absolute atomic E-state index is 0.168. The predicted molar refractivity (Wildman–Crippen MR) is 308 cm³/mol. The summed E-state index contributed by atoms with van der Waals surface area (Å²) in [5.74, 6) is -0.280. The van der Waals surface area contributed by atoms with Crippen molar-refractivity contribution in [1.29, 1.82) is 0 Å². The van der Waals surface area contributed by atoms with Crippen LogP contribution >= 0.6 is 0 Å². The van der Waals surface area contributed by atoms with Gasteiger partial charge in [0.05, 0.1) is 33.5 Å². The van der Waals surface area contributed by atoms with Crippen LogP contribution < -0.4 is 9.47 Å². The first-order valence-electron chi connectivity index (χ1n) is 25.3. The Morgan fingerprint density at radius 3 is 1.00 bits per heavy atom. The number of rotatable bonds is 10. The van der Waals surface area contributed by atoms with Gasteiger partial charge in [-0.05, 0) is 112 Å². The van der Waals surface area contributed by atoms with Gasteiger partial charge in [0.25, 0.3) is 0 Å². The van der Waals surface area contributed by atoms with Gasteiger partial charge >= 0.3 is 11.9 Å². The SMILES string of the molecule is Cc1cc(-c2cc(-c3ccccc3)c3ccc4c(-c5ccccc5)cc(C(=O)Oc5ccccc5)nc4c3n2)ccc1-c1cc(-c2ccccc2)c2ccc3c(-c4ccccc4)cc(C(=O)Oc4ccccc4)nc3c2n1. The van der Waals surface area contributed by atoms with Gasteiger partial charge in [-0.1, -0.05) is 194 Å². The smallest absolute Gasteiger partial charge is 0.362 e. The van der Waals surface area contributed by atoms with Crippen molar-refractivity contribution in [3.63, 3.8) is 0 Å². The average molecular weight is 993 g/mol. The molecular formula is C69H44N4O4. The number of carbonyl (C=O) groups is 2. The summed E-state index contributed by atoms with van der Waals surface area (Å²) >= 11 is 0. The zero-order chi connectivity index (χ0) is 51.8. The molecule has 0 spiro atoms. The Balaban J connectivity index is 0.996. The van der Waals surface area contributed by atoms with Crippen LogP contribution in [-0.2, 0) is 0 Å². The Labute approximate surface area is 443 Å². The molecular weight excluding hydrogens is 949 g/mol. The minimum Gasteiger partial charge on any atom is -0.422 e. The standard InChI is InChI=1S/C69H44N4O4/c1-43-38-48(60-39-56(44-20-8-2-9-21-44)52-34-36-54-58(46-24-12-4-13-25-46)41-62(72-66(54)64(52)70-60)68(74)76-49-28-16-6-17-29-49)32-33-51(43)61-40-57(45-22-10-3-11-23-45)53-35-37-55-59(47-26-14-5-15-27-47)42-63(73-67(55)65(53)71-61)69(75)77-50-30-18-7-19-31-50/h2-42H,1H3. The van der Waals surface area contributed by atoms with E-state index in [0.717, 1.165) is 94.1 Å². The van der Waals surface area contributed by atoms with Crippen molar-refractivity contribution in [2.24, 2.45) is 0 Å². The van der Waals surface area contributed by atoms with Crippen molar-refractivity contribution in [3.05, 3.63) is 266 Å². The predicted octanol–water partition coefficient (Wildman–Crippen LogP) is 16.6. The second-order valence-electron chi connectivity index (χ2n) is 18.8. The van der Waals surface area contributed by atoms with Gasteiger partial charge < -0.3 is 9.47 Å². The molecule has 13 aromatic rings. The number of hydrogen-bond donors (Lipinski definition) is 0. The summed E-state index contributed by atoms with van der Waals surface area (Å²) in [6, 6.07) is 81.2. The van der Waals surface area contributed by atoms with Crippen molar-refractivity contribution in [3.8, 4) is 78.5 Å². The number of pyridine rings is 4. The number of fused-ring (bicyclic) bond motifs is 6. The average Bonchev–Trinajstić information content (AvgIpc) is 3.49. The number of carbonyl (C=O) groups excluding carboxylic acids is 2. The molecule has 77 heavy (non-hydrogen) atoms. The van der Waals surface area contributed by atoms with E-state index in [9.17, 15) is 9.59 Å². The van der Waals surface area contributed by atoms with Crippen LogP contribution in [-0.4, -0.2) is 31.9 Å². The Hall–Kier alpha value is -10.4. The molecule has 0 bridgehead atoms. The van der Waals surface area contributed by atoms with Gasteiger partial charge in [0.1, 0.15) is 22.9 Å². The van der Waals surface area contributed by atoms with E-state index >= 15 is 0 Å². The first kappa shape index (κ1) is 46.4. The molecule has 0 aliphatic rings. The number of aromatic nitrogens is 4. The lowest BCUT2D eigenvalue weighted by Gasteiger charge is -2.17. The fourth-order valence-electron chi connectivity index (χ4n) is 10.3. The van der Waals surface area contributed by atoms with Gasteiger partial charge in [-0.2, -0.15) is 0 Å². The number of benzene rings is 9. The molecule has 0 saturated heterocycles. The monoisotopic (exact) mass is 992 g/mol. The second kappa shape index (κ2) is 19.8. The van der Waals surface area contributed by atoms with Crippen LogP contribution in [0.2, 0.25) is 0 Å². The molecule has 0 N–H and O–H groups in total. The largest absolute Gasteiger partial charge is 0.422 e. The van der Waals surface area contributed by atoms with E-state index in [1.165, 1.54) is 0 Å². The van der Waals surface area contributed by atoms with Crippen LogP contribution in [0.3, 0.4) is 0 Å². The molecule has 0 aliphatic carbocycles. The molecule has 0 radical (unpaired) electrons. The van der Waals surface area contributed by atoms with Gasteiger partial charge in [-0.25, -0.2) is 29.5 Å². The lowest BCUT2D eigenvalue weighted by Crippen LogP contribution is -2.11. The van der Waals surface area contributed by atoms with Gasteiger partial charge in [0.2, 0.25) is 0 Å². The Morgan fingerprint density at radius 1 is 0.299 bits per heavy atom. The summed E-state index contributed by atoms with van der Waals surface area (Å²) < 4.78 is 11.8.